The number of amides is 1. The second-order valence-electron chi connectivity index (χ2n) is 4.96. The quantitative estimate of drug-likeness (QED) is 0.921. The van der Waals surface area contributed by atoms with Crippen LogP contribution in [0.25, 0.3) is 0 Å². The van der Waals surface area contributed by atoms with E-state index in [1.807, 2.05) is 0 Å². The molecule has 1 N–H and O–H groups in total. The maximum atomic E-state index is 12.9. The summed E-state index contributed by atoms with van der Waals surface area (Å²) in [6, 6.07) is 5.00. The van der Waals surface area contributed by atoms with E-state index in [0.717, 1.165) is 6.07 Å². The van der Waals surface area contributed by atoms with Gasteiger partial charge in [-0.15, -0.1) is 0 Å². The van der Waals surface area contributed by atoms with Crippen LogP contribution in [0.1, 0.15) is 17.5 Å². The van der Waals surface area contributed by atoms with E-state index in [4.69, 9.17) is 9.84 Å². The van der Waals surface area contributed by atoms with Crippen molar-refractivity contribution in [3.05, 3.63) is 35.4 Å². The monoisotopic (exact) mass is 317 g/mol. The molecule has 0 aromatic heterocycles. The number of aliphatic carboxylic acids is 1. The lowest BCUT2D eigenvalue weighted by Gasteiger charge is -2.32. The molecule has 1 amide bonds. The minimum atomic E-state index is -4.51. The highest BCUT2D eigenvalue weighted by Gasteiger charge is 2.35. The zero-order valence-corrected chi connectivity index (χ0v) is 11.5. The number of hydrogen-bond donors (Lipinski definition) is 1. The van der Waals surface area contributed by atoms with Gasteiger partial charge >= 0.3 is 12.1 Å². The summed E-state index contributed by atoms with van der Waals surface area (Å²) in [7, 11) is 0. The van der Waals surface area contributed by atoms with Crippen LogP contribution < -0.4 is 0 Å². The van der Waals surface area contributed by atoms with Gasteiger partial charge in [-0.2, -0.15) is 13.2 Å². The summed E-state index contributed by atoms with van der Waals surface area (Å²) in [4.78, 5) is 23.6. The third kappa shape index (κ3) is 3.97. The van der Waals surface area contributed by atoms with E-state index in [1.165, 1.54) is 23.1 Å². The number of ether oxygens (including phenoxy) is 1. The van der Waals surface area contributed by atoms with E-state index in [0.29, 0.717) is 0 Å². The predicted octanol–water partition coefficient (Wildman–Crippen LogP) is 1.91. The van der Waals surface area contributed by atoms with E-state index >= 15 is 0 Å². The number of carboxylic acid groups (broad SMARTS) is 1. The number of rotatable bonds is 4. The lowest BCUT2D eigenvalue weighted by Crippen LogP contribution is -2.46. The summed E-state index contributed by atoms with van der Waals surface area (Å²) in [6.07, 6.45) is -5.52. The SMILES string of the molecule is O=C(O)CC1CN(Cc2ccccc2C(F)(F)F)C(=O)CO1. The molecule has 1 unspecified atom stereocenters. The Morgan fingerprint density at radius 2 is 2.05 bits per heavy atom. The Kier molecular flexibility index (Phi) is 4.70. The number of nitrogens with zero attached hydrogens (tertiary/aromatic N) is 1. The van der Waals surface area contributed by atoms with Gasteiger partial charge in [0.15, 0.2) is 0 Å². The van der Waals surface area contributed by atoms with E-state index in [9.17, 15) is 22.8 Å². The molecule has 0 bridgehead atoms. The molecule has 1 saturated heterocycles. The maximum absolute atomic E-state index is 12.9. The highest BCUT2D eigenvalue weighted by molar-refractivity contribution is 5.78. The number of carboxylic acids is 1. The normalized spacial score (nSPS) is 19.3. The molecule has 1 atom stereocenters. The average Bonchev–Trinajstić information content (AvgIpc) is 2.41. The van der Waals surface area contributed by atoms with Gasteiger partial charge in [0.25, 0.3) is 0 Å². The topological polar surface area (TPSA) is 66.8 Å². The number of alkyl halides is 3. The Bertz CT molecular complexity index is 573. The summed E-state index contributed by atoms with van der Waals surface area (Å²) in [6.45, 7) is -0.600. The first-order valence-corrected chi connectivity index (χ1v) is 6.53. The van der Waals surface area contributed by atoms with Crippen LogP contribution in [-0.4, -0.2) is 41.1 Å². The zero-order valence-electron chi connectivity index (χ0n) is 11.5. The summed E-state index contributed by atoms with van der Waals surface area (Å²) >= 11 is 0. The molecule has 1 aliphatic rings. The maximum Gasteiger partial charge on any atom is 0.416 e. The average molecular weight is 317 g/mol. The van der Waals surface area contributed by atoms with Gasteiger partial charge in [-0.1, -0.05) is 18.2 Å². The van der Waals surface area contributed by atoms with Gasteiger partial charge in [-0.05, 0) is 11.6 Å². The molecule has 1 aromatic carbocycles. The first kappa shape index (κ1) is 16.3. The molecule has 0 radical (unpaired) electrons. The van der Waals surface area contributed by atoms with Crippen molar-refractivity contribution in [3.63, 3.8) is 0 Å². The Morgan fingerprint density at radius 3 is 2.68 bits per heavy atom. The highest BCUT2D eigenvalue weighted by Crippen LogP contribution is 2.32. The van der Waals surface area contributed by atoms with Gasteiger partial charge in [-0.25, -0.2) is 0 Å². The van der Waals surface area contributed by atoms with Gasteiger partial charge < -0.3 is 14.7 Å². The lowest BCUT2D eigenvalue weighted by molar-refractivity contribution is -0.156. The van der Waals surface area contributed by atoms with Crippen LogP contribution in [0, 0.1) is 0 Å². The van der Waals surface area contributed by atoms with Crippen molar-refractivity contribution in [2.75, 3.05) is 13.2 Å². The molecule has 1 fully saturated rings. The fourth-order valence-corrected chi connectivity index (χ4v) is 2.29. The molecule has 0 saturated carbocycles. The molecule has 5 nitrogen and oxygen atoms in total. The number of benzene rings is 1. The van der Waals surface area contributed by atoms with Crippen LogP contribution in [-0.2, 0) is 27.0 Å². The van der Waals surface area contributed by atoms with Crippen LogP contribution in [0.15, 0.2) is 24.3 Å². The third-order valence-corrected chi connectivity index (χ3v) is 3.31. The first-order chi connectivity index (χ1) is 10.3. The van der Waals surface area contributed by atoms with E-state index in [2.05, 4.69) is 0 Å². The van der Waals surface area contributed by atoms with Gasteiger partial charge in [0, 0.05) is 13.1 Å². The van der Waals surface area contributed by atoms with Gasteiger partial charge in [0.1, 0.15) is 6.61 Å². The number of carbonyl (C=O) groups is 2. The Hall–Kier alpha value is -2.09. The van der Waals surface area contributed by atoms with E-state index < -0.39 is 29.7 Å². The smallest absolute Gasteiger partial charge is 0.416 e. The fourth-order valence-electron chi connectivity index (χ4n) is 2.29. The van der Waals surface area contributed by atoms with Crippen molar-refractivity contribution >= 4 is 11.9 Å². The minimum absolute atomic E-state index is 0.0284. The molecule has 8 heteroatoms. The lowest BCUT2D eigenvalue weighted by atomic mass is 10.1. The van der Waals surface area contributed by atoms with Crippen molar-refractivity contribution in [2.24, 2.45) is 0 Å². The zero-order chi connectivity index (χ0) is 16.3. The summed E-state index contributed by atoms with van der Waals surface area (Å²) < 4.78 is 43.9. The predicted molar refractivity (Wildman–Crippen MR) is 68.9 cm³/mol. The second kappa shape index (κ2) is 6.35. The van der Waals surface area contributed by atoms with E-state index in [1.54, 1.807) is 0 Å². The first-order valence-electron chi connectivity index (χ1n) is 6.53. The summed E-state index contributed by atoms with van der Waals surface area (Å²) in [5.41, 5.74) is -0.830. The number of morpholine rings is 1. The van der Waals surface area contributed by atoms with Crippen molar-refractivity contribution in [1.29, 1.82) is 0 Å². The number of carbonyl (C=O) groups excluding carboxylic acids is 1. The minimum Gasteiger partial charge on any atom is -0.481 e. The molecule has 0 spiro atoms. The molecule has 22 heavy (non-hydrogen) atoms. The molecule has 2 rings (SSSR count). The molecule has 120 valence electrons. The Morgan fingerprint density at radius 1 is 1.36 bits per heavy atom. The van der Waals surface area contributed by atoms with Crippen molar-refractivity contribution in [3.8, 4) is 0 Å². The molecule has 1 aliphatic heterocycles. The second-order valence-corrected chi connectivity index (χ2v) is 4.96. The van der Waals surface area contributed by atoms with Crippen LogP contribution in [0.3, 0.4) is 0 Å². The van der Waals surface area contributed by atoms with Crippen molar-refractivity contribution < 1.29 is 32.6 Å². The molecule has 0 aliphatic carbocycles. The molecular formula is C14H14F3NO4. The van der Waals surface area contributed by atoms with Crippen molar-refractivity contribution in [2.45, 2.75) is 25.2 Å². The Balaban J connectivity index is 2.15. The van der Waals surface area contributed by atoms with Gasteiger partial charge in [0.2, 0.25) is 5.91 Å². The number of halogens is 3. The molecule has 1 aromatic rings. The third-order valence-electron chi connectivity index (χ3n) is 3.31. The van der Waals surface area contributed by atoms with E-state index in [-0.39, 0.29) is 31.7 Å². The number of hydrogen-bond acceptors (Lipinski definition) is 3. The van der Waals surface area contributed by atoms with Crippen LogP contribution in [0.2, 0.25) is 0 Å². The fraction of sp³-hybridized carbons (Fsp3) is 0.429. The summed E-state index contributed by atoms with van der Waals surface area (Å²) in [5.74, 6) is -1.55. The highest BCUT2D eigenvalue weighted by atomic mass is 19.4. The standard InChI is InChI=1S/C14H14F3NO4/c15-14(16,17)11-4-2-1-3-9(11)6-18-7-10(5-13(20)21)22-8-12(18)19/h1-4,10H,5-8H2,(H,20,21). The molecular weight excluding hydrogens is 303 g/mol. The van der Waals surface area contributed by atoms with Gasteiger partial charge in [-0.3, -0.25) is 9.59 Å². The van der Waals surface area contributed by atoms with Gasteiger partial charge in [0.05, 0.1) is 18.1 Å². The van der Waals surface area contributed by atoms with Crippen LogP contribution in [0.5, 0.6) is 0 Å². The largest absolute Gasteiger partial charge is 0.481 e. The summed E-state index contributed by atoms with van der Waals surface area (Å²) in [5, 5.41) is 8.73. The van der Waals surface area contributed by atoms with Crippen LogP contribution >= 0.6 is 0 Å². The Labute approximate surface area is 124 Å². The molecule has 1 heterocycles. The van der Waals surface area contributed by atoms with Crippen LogP contribution in [0.4, 0.5) is 13.2 Å². The van der Waals surface area contributed by atoms with Crippen molar-refractivity contribution in [1.82, 2.24) is 4.90 Å².